The number of fused-ring (bicyclic) bond motifs is 1. The number of benzene rings is 2. The molecule has 3 rings (SSSR count). The lowest BCUT2D eigenvalue weighted by atomic mass is 10.2. The molecule has 25 heavy (non-hydrogen) atoms. The molecule has 0 saturated heterocycles. The molecule has 1 heterocycles. The Bertz CT molecular complexity index is 903. The van der Waals surface area contributed by atoms with E-state index in [9.17, 15) is 4.79 Å². The number of halogens is 1. The molecule has 0 radical (unpaired) electrons. The summed E-state index contributed by atoms with van der Waals surface area (Å²) in [7, 11) is 0. The van der Waals surface area contributed by atoms with E-state index in [1.54, 1.807) is 13.0 Å². The van der Waals surface area contributed by atoms with Crippen molar-refractivity contribution in [2.75, 3.05) is 6.61 Å². The zero-order valence-electron chi connectivity index (χ0n) is 13.9. The van der Waals surface area contributed by atoms with E-state index >= 15 is 0 Å². The molecule has 0 N–H and O–H groups in total. The lowest BCUT2D eigenvalue weighted by Crippen LogP contribution is -2.17. The molecular formula is C19H17ClN2O2S. The Kier molecular flexibility index (Phi) is 5.56. The van der Waals surface area contributed by atoms with Crippen LogP contribution in [-0.2, 0) is 9.53 Å². The number of nitrogens with zero attached hydrogens (tertiary/aromatic N) is 2. The summed E-state index contributed by atoms with van der Waals surface area (Å²) in [6, 6.07) is 15.2. The Hall–Kier alpha value is -2.11. The number of ether oxygens (including phenoxy) is 1. The van der Waals surface area contributed by atoms with Gasteiger partial charge < -0.3 is 4.74 Å². The lowest BCUT2D eigenvalue weighted by Gasteiger charge is -2.13. The maximum atomic E-state index is 12.0. The molecule has 2 aromatic carbocycles. The summed E-state index contributed by atoms with van der Waals surface area (Å²) < 4.78 is 5.10. The van der Waals surface area contributed by atoms with E-state index in [0.717, 1.165) is 16.5 Å². The first kappa shape index (κ1) is 17.7. The van der Waals surface area contributed by atoms with Gasteiger partial charge in [-0.1, -0.05) is 53.7 Å². The van der Waals surface area contributed by atoms with E-state index in [2.05, 4.69) is 9.97 Å². The number of aromatic nitrogens is 2. The predicted octanol–water partition coefficient (Wildman–Crippen LogP) is 4.99. The smallest absolute Gasteiger partial charge is 0.319 e. The quantitative estimate of drug-likeness (QED) is 0.358. The summed E-state index contributed by atoms with van der Waals surface area (Å²) in [5.74, 6) is 0.358. The number of hydrogen-bond acceptors (Lipinski definition) is 5. The van der Waals surface area contributed by atoms with Crippen molar-refractivity contribution in [3.8, 4) is 11.4 Å². The highest BCUT2D eigenvalue weighted by Crippen LogP contribution is 2.32. The Labute approximate surface area is 155 Å². The van der Waals surface area contributed by atoms with Crippen molar-refractivity contribution >= 4 is 40.2 Å². The molecule has 0 fully saturated rings. The molecule has 0 amide bonds. The van der Waals surface area contributed by atoms with Gasteiger partial charge in [0.05, 0.1) is 12.1 Å². The number of hydrogen-bond donors (Lipinski definition) is 0. The van der Waals surface area contributed by atoms with E-state index < -0.39 is 0 Å². The Morgan fingerprint density at radius 2 is 1.96 bits per heavy atom. The van der Waals surface area contributed by atoms with Crippen LogP contribution in [0.25, 0.3) is 22.3 Å². The van der Waals surface area contributed by atoms with Gasteiger partial charge in [0.2, 0.25) is 0 Å². The van der Waals surface area contributed by atoms with Gasteiger partial charge in [-0.2, -0.15) is 0 Å². The number of rotatable bonds is 5. The molecule has 6 heteroatoms. The van der Waals surface area contributed by atoms with Gasteiger partial charge in [0.1, 0.15) is 10.3 Å². The largest absolute Gasteiger partial charge is 0.465 e. The van der Waals surface area contributed by atoms with Crippen LogP contribution in [0, 0.1) is 0 Å². The molecule has 0 aliphatic heterocycles. The SMILES string of the molecule is CCOC(=O)[C@@H](C)Sc1nc(-c2ccccc2)nc2ccc(Cl)cc12. The zero-order chi connectivity index (χ0) is 17.8. The van der Waals surface area contributed by atoms with Crippen molar-refractivity contribution in [2.45, 2.75) is 24.1 Å². The van der Waals surface area contributed by atoms with Crippen LogP contribution < -0.4 is 0 Å². The summed E-state index contributed by atoms with van der Waals surface area (Å²) in [6.45, 7) is 3.96. The minimum absolute atomic E-state index is 0.262. The number of carbonyl (C=O) groups excluding carboxylic acids is 1. The monoisotopic (exact) mass is 372 g/mol. The average Bonchev–Trinajstić information content (AvgIpc) is 2.62. The Morgan fingerprint density at radius 3 is 2.68 bits per heavy atom. The first-order valence-electron chi connectivity index (χ1n) is 7.94. The van der Waals surface area contributed by atoms with Gasteiger partial charge in [-0.25, -0.2) is 9.97 Å². The van der Waals surface area contributed by atoms with Crippen LogP contribution >= 0.6 is 23.4 Å². The zero-order valence-corrected chi connectivity index (χ0v) is 15.5. The second kappa shape index (κ2) is 7.85. The summed E-state index contributed by atoms with van der Waals surface area (Å²) in [4.78, 5) is 21.3. The third kappa shape index (κ3) is 4.11. The summed E-state index contributed by atoms with van der Waals surface area (Å²) in [5, 5.41) is 1.77. The van der Waals surface area contributed by atoms with Gasteiger partial charge >= 0.3 is 5.97 Å². The predicted molar refractivity (Wildman–Crippen MR) is 102 cm³/mol. The highest BCUT2D eigenvalue weighted by atomic mass is 35.5. The molecule has 0 saturated carbocycles. The second-order valence-electron chi connectivity index (χ2n) is 5.39. The first-order valence-corrected chi connectivity index (χ1v) is 9.20. The Balaban J connectivity index is 2.07. The van der Waals surface area contributed by atoms with Crippen LogP contribution in [-0.4, -0.2) is 27.8 Å². The van der Waals surface area contributed by atoms with Crippen LogP contribution in [0.2, 0.25) is 5.02 Å². The van der Waals surface area contributed by atoms with Gasteiger partial charge in [-0.05, 0) is 32.0 Å². The van der Waals surface area contributed by atoms with Gasteiger partial charge in [-0.15, -0.1) is 0 Å². The van der Waals surface area contributed by atoms with E-state index in [-0.39, 0.29) is 11.2 Å². The first-order chi connectivity index (χ1) is 12.1. The molecule has 3 aromatic rings. The lowest BCUT2D eigenvalue weighted by molar-refractivity contribution is -0.142. The fourth-order valence-corrected chi connectivity index (χ4v) is 3.45. The van der Waals surface area contributed by atoms with E-state index in [0.29, 0.717) is 22.5 Å². The fraction of sp³-hybridized carbons (Fsp3) is 0.211. The maximum Gasteiger partial charge on any atom is 0.319 e. The highest BCUT2D eigenvalue weighted by molar-refractivity contribution is 8.00. The number of thioether (sulfide) groups is 1. The van der Waals surface area contributed by atoms with E-state index in [1.165, 1.54) is 11.8 Å². The third-order valence-corrected chi connectivity index (χ3v) is 4.88. The fourth-order valence-electron chi connectivity index (χ4n) is 2.35. The second-order valence-corrected chi connectivity index (χ2v) is 7.16. The molecule has 0 unspecified atom stereocenters. The van der Waals surface area contributed by atoms with Crippen LogP contribution in [0.1, 0.15) is 13.8 Å². The van der Waals surface area contributed by atoms with Gasteiger partial charge in [-0.3, -0.25) is 4.79 Å². The van der Waals surface area contributed by atoms with Crippen molar-refractivity contribution in [3.05, 3.63) is 53.6 Å². The van der Waals surface area contributed by atoms with Gasteiger partial charge in [0.25, 0.3) is 0 Å². The average molecular weight is 373 g/mol. The van der Waals surface area contributed by atoms with Crippen molar-refractivity contribution < 1.29 is 9.53 Å². The molecule has 1 atom stereocenters. The highest BCUT2D eigenvalue weighted by Gasteiger charge is 2.19. The topological polar surface area (TPSA) is 52.1 Å². The molecule has 0 bridgehead atoms. The van der Waals surface area contributed by atoms with Gasteiger partial charge in [0.15, 0.2) is 5.82 Å². The van der Waals surface area contributed by atoms with Crippen molar-refractivity contribution in [1.82, 2.24) is 9.97 Å². The number of esters is 1. The molecule has 4 nitrogen and oxygen atoms in total. The van der Waals surface area contributed by atoms with E-state index in [1.807, 2.05) is 49.4 Å². The van der Waals surface area contributed by atoms with Crippen molar-refractivity contribution in [2.24, 2.45) is 0 Å². The Morgan fingerprint density at radius 1 is 1.20 bits per heavy atom. The van der Waals surface area contributed by atoms with Crippen LogP contribution in [0.5, 0.6) is 0 Å². The van der Waals surface area contributed by atoms with Crippen LogP contribution in [0.3, 0.4) is 0 Å². The van der Waals surface area contributed by atoms with Crippen LogP contribution in [0.15, 0.2) is 53.6 Å². The third-order valence-electron chi connectivity index (χ3n) is 3.56. The maximum absolute atomic E-state index is 12.0. The summed E-state index contributed by atoms with van der Waals surface area (Å²) in [6.07, 6.45) is 0. The normalized spacial score (nSPS) is 12.1. The van der Waals surface area contributed by atoms with Crippen LogP contribution in [0.4, 0.5) is 0 Å². The summed E-state index contributed by atoms with van der Waals surface area (Å²) in [5.41, 5.74) is 1.71. The molecule has 0 aliphatic rings. The van der Waals surface area contributed by atoms with Crippen molar-refractivity contribution in [1.29, 1.82) is 0 Å². The molecule has 1 aromatic heterocycles. The standard InChI is InChI=1S/C19H17ClN2O2S/c1-3-24-19(23)12(2)25-18-15-11-14(20)9-10-16(15)21-17(22-18)13-7-5-4-6-8-13/h4-12H,3H2,1-2H3/t12-/m1/s1. The number of carbonyl (C=O) groups is 1. The minimum Gasteiger partial charge on any atom is -0.465 e. The minimum atomic E-state index is -0.374. The van der Waals surface area contributed by atoms with Gasteiger partial charge in [0, 0.05) is 16.0 Å². The molecule has 0 aliphatic carbocycles. The van der Waals surface area contributed by atoms with E-state index in [4.69, 9.17) is 16.3 Å². The molecular weight excluding hydrogens is 356 g/mol. The summed E-state index contributed by atoms with van der Waals surface area (Å²) >= 11 is 7.49. The molecule has 128 valence electrons. The van der Waals surface area contributed by atoms with Crippen molar-refractivity contribution in [3.63, 3.8) is 0 Å². The molecule has 0 spiro atoms.